The van der Waals surface area contributed by atoms with E-state index in [0.717, 1.165) is 17.7 Å². The maximum absolute atomic E-state index is 12.2. The van der Waals surface area contributed by atoms with E-state index in [1.807, 2.05) is 26.2 Å². The van der Waals surface area contributed by atoms with E-state index >= 15 is 0 Å². The minimum Gasteiger partial charge on any atom is -0.350 e. The highest BCUT2D eigenvalue weighted by atomic mass is 35.5. The molecule has 0 saturated carbocycles. The summed E-state index contributed by atoms with van der Waals surface area (Å²) in [6, 6.07) is 5.45. The summed E-state index contributed by atoms with van der Waals surface area (Å²) < 4.78 is 0. The fourth-order valence-corrected chi connectivity index (χ4v) is 2.30. The van der Waals surface area contributed by atoms with Crippen LogP contribution in [0.25, 0.3) is 0 Å². The van der Waals surface area contributed by atoms with Gasteiger partial charge in [0.25, 0.3) is 5.91 Å². The van der Waals surface area contributed by atoms with Crippen molar-refractivity contribution in [2.24, 2.45) is 5.73 Å². The van der Waals surface area contributed by atoms with Crippen LogP contribution in [0.1, 0.15) is 37.0 Å². The van der Waals surface area contributed by atoms with Crippen LogP contribution in [0.15, 0.2) is 23.1 Å². The summed E-state index contributed by atoms with van der Waals surface area (Å²) >= 11 is 7.64. The van der Waals surface area contributed by atoms with Crippen LogP contribution in [0.4, 0.5) is 0 Å². The summed E-state index contributed by atoms with van der Waals surface area (Å²) in [5, 5.41) is 3.34. The van der Waals surface area contributed by atoms with Crippen molar-refractivity contribution in [2.75, 3.05) is 12.8 Å². The molecule has 0 radical (unpaired) electrons. The lowest BCUT2D eigenvalue weighted by Crippen LogP contribution is -2.49. The lowest BCUT2D eigenvalue weighted by molar-refractivity contribution is 0.0942. The van der Waals surface area contributed by atoms with E-state index in [2.05, 4.69) is 5.32 Å². The maximum Gasteiger partial charge on any atom is 0.252 e. The molecule has 0 aliphatic heterocycles. The topological polar surface area (TPSA) is 55.1 Å². The van der Waals surface area contributed by atoms with Crippen LogP contribution in [0.5, 0.6) is 0 Å². The van der Waals surface area contributed by atoms with Gasteiger partial charge in [-0.25, -0.2) is 0 Å². The molecule has 0 fully saturated rings. The van der Waals surface area contributed by atoms with E-state index in [4.69, 9.17) is 17.3 Å². The molecule has 1 amide bonds. The summed E-state index contributed by atoms with van der Waals surface area (Å²) in [7, 11) is 0. The predicted octanol–water partition coefficient (Wildman–Crippen LogP) is 3.31. The van der Waals surface area contributed by atoms with Crippen molar-refractivity contribution in [3.63, 3.8) is 0 Å². The van der Waals surface area contributed by atoms with Crippen molar-refractivity contribution >= 4 is 29.3 Å². The number of hydrogen-bond donors (Lipinski definition) is 2. The molecular weight excluding hydrogens is 280 g/mol. The molecule has 0 saturated heterocycles. The van der Waals surface area contributed by atoms with Crippen LogP contribution in [-0.4, -0.2) is 24.2 Å². The number of nitrogens with two attached hydrogens (primary N) is 1. The zero-order valence-corrected chi connectivity index (χ0v) is 13.2. The summed E-state index contributed by atoms with van der Waals surface area (Å²) in [5.74, 6) is -0.169. The number of carbonyl (C=O) groups is 1. The van der Waals surface area contributed by atoms with E-state index in [1.54, 1.807) is 23.9 Å². The summed E-state index contributed by atoms with van der Waals surface area (Å²) in [6.45, 7) is 4.51. The Morgan fingerprint density at radius 3 is 2.58 bits per heavy atom. The normalized spacial score (nSPS) is 11.4. The Bertz CT molecular complexity index is 447. The van der Waals surface area contributed by atoms with Gasteiger partial charge in [0.1, 0.15) is 0 Å². The van der Waals surface area contributed by atoms with Crippen molar-refractivity contribution in [3.8, 4) is 0 Å². The van der Waals surface area contributed by atoms with Gasteiger partial charge in [-0.1, -0.05) is 25.4 Å². The van der Waals surface area contributed by atoms with Gasteiger partial charge in [-0.15, -0.1) is 11.8 Å². The first kappa shape index (κ1) is 16.3. The number of benzene rings is 1. The molecule has 1 rings (SSSR count). The third kappa shape index (κ3) is 4.41. The molecule has 3 N–H and O–H groups in total. The summed E-state index contributed by atoms with van der Waals surface area (Å²) in [4.78, 5) is 13.2. The average Bonchev–Trinajstić information content (AvgIpc) is 2.45. The van der Waals surface area contributed by atoms with Crippen LogP contribution >= 0.6 is 23.4 Å². The monoisotopic (exact) mass is 300 g/mol. The number of thioether (sulfide) groups is 1. The number of amides is 1. The first-order valence-corrected chi connectivity index (χ1v) is 7.96. The zero-order valence-electron chi connectivity index (χ0n) is 11.6. The molecule has 1 aromatic rings. The smallest absolute Gasteiger partial charge is 0.252 e. The number of carbonyl (C=O) groups excluding carboxylic acids is 1. The molecule has 0 unspecified atom stereocenters. The standard InChI is InChI=1S/C14H21ClN2OS/c1-4-14(16,5-2)9-17-13(18)11-8-10(19-3)6-7-12(11)15/h6-8H,4-5,9,16H2,1-3H3,(H,17,18). The van der Waals surface area contributed by atoms with E-state index in [-0.39, 0.29) is 11.4 Å². The Morgan fingerprint density at radius 2 is 2.05 bits per heavy atom. The molecule has 0 heterocycles. The third-order valence-electron chi connectivity index (χ3n) is 3.43. The first-order valence-electron chi connectivity index (χ1n) is 6.36. The van der Waals surface area contributed by atoms with Gasteiger partial charge in [0.15, 0.2) is 0 Å². The number of hydrogen-bond acceptors (Lipinski definition) is 3. The van der Waals surface area contributed by atoms with E-state index in [9.17, 15) is 4.79 Å². The predicted molar refractivity (Wildman–Crippen MR) is 83.1 cm³/mol. The largest absolute Gasteiger partial charge is 0.350 e. The highest BCUT2D eigenvalue weighted by Crippen LogP contribution is 2.23. The maximum atomic E-state index is 12.2. The van der Waals surface area contributed by atoms with Gasteiger partial charge >= 0.3 is 0 Å². The number of rotatable bonds is 6. The molecular formula is C14H21ClN2OS. The van der Waals surface area contributed by atoms with Gasteiger partial charge in [-0.2, -0.15) is 0 Å². The van der Waals surface area contributed by atoms with E-state index < -0.39 is 0 Å². The Hall–Kier alpha value is -0.710. The highest BCUT2D eigenvalue weighted by molar-refractivity contribution is 7.98. The summed E-state index contributed by atoms with van der Waals surface area (Å²) in [5.41, 5.74) is 6.32. The quantitative estimate of drug-likeness (QED) is 0.793. The fourth-order valence-electron chi connectivity index (χ4n) is 1.66. The van der Waals surface area contributed by atoms with Gasteiger partial charge in [0, 0.05) is 17.0 Å². The minimum absolute atomic E-state index is 0.169. The van der Waals surface area contributed by atoms with Gasteiger partial charge < -0.3 is 11.1 Å². The Kier molecular flexibility index (Phi) is 6.17. The fraction of sp³-hybridized carbons (Fsp3) is 0.500. The van der Waals surface area contributed by atoms with Gasteiger partial charge in [0.2, 0.25) is 0 Å². The van der Waals surface area contributed by atoms with Crippen molar-refractivity contribution in [1.82, 2.24) is 5.32 Å². The lowest BCUT2D eigenvalue weighted by atomic mass is 9.94. The molecule has 0 atom stereocenters. The number of nitrogens with one attached hydrogen (secondary N) is 1. The molecule has 0 spiro atoms. The molecule has 0 aliphatic rings. The molecule has 0 bridgehead atoms. The summed E-state index contributed by atoms with van der Waals surface area (Å²) in [6.07, 6.45) is 3.61. The lowest BCUT2D eigenvalue weighted by Gasteiger charge is -2.26. The second-order valence-corrected chi connectivity index (χ2v) is 5.88. The second kappa shape index (κ2) is 7.17. The van der Waals surface area contributed by atoms with Crippen LogP contribution in [-0.2, 0) is 0 Å². The van der Waals surface area contributed by atoms with Crippen LogP contribution in [0.2, 0.25) is 5.02 Å². The van der Waals surface area contributed by atoms with Crippen molar-refractivity contribution in [2.45, 2.75) is 37.1 Å². The van der Waals surface area contributed by atoms with Crippen molar-refractivity contribution < 1.29 is 4.79 Å². The Labute approximate surface area is 124 Å². The third-order valence-corrected chi connectivity index (χ3v) is 4.48. The van der Waals surface area contributed by atoms with Crippen LogP contribution in [0.3, 0.4) is 0 Å². The van der Waals surface area contributed by atoms with Gasteiger partial charge in [-0.05, 0) is 37.3 Å². The molecule has 19 heavy (non-hydrogen) atoms. The Morgan fingerprint density at radius 1 is 1.42 bits per heavy atom. The average molecular weight is 301 g/mol. The van der Waals surface area contributed by atoms with Crippen molar-refractivity contribution in [1.29, 1.82) is 0 Å². The highest BCUT2D eigenvalue weighted by Gasteiger charge is 2.21. The minimum atomic E-state index is -0.348. The molecule has 106 valence electrons. The van der Waals surface area contributed by atoms with Crippen LogP contribution < -0.4 is 11.1 Å². The molecule has 0 aliphatic carbocycles. The Balaban J connectivity index is 2.78. The first-order chi connectivity index (χ1) is 8.95. The van der Waals surface area contributed by atoms with Crippen molar-refractivity contribution in [3.05, 3.63) is 28.8 Å². The van der Waals surface area contributed by atoms with E-state index in [1.165, 1.54) is 0 Å². The van der Waals surface area contributed by atoms with Gasteiger partial charge in [0.05, 0.1) is 10.6 Å². The molecule has 1 aromatic carbocycles. The zero-order chi connectivity index (χ0) is 14.5. The van der Waals surface area contributed by atoms with Gasteiger partial charge in [-0.3, -0.25) is 4.79 Å². The second-order valence-electron chi connectivity index (χ2n) is 4.60. The SMILES string of the molecule is CCC(N)(CC)CNC(=O)c1cc(SC)ccc1Cl. The molecule has 0 aromatic heterocycles. The number of halogens is 1. The van der Waals surface area contributed by atoms with Crippen LogP contribution in [0, 0.1) is 0 Å². The molecule has 5 heteroatoms. The van der Waals surface area contributed by atoms with E-state index in [0.29, 0.717) is 17.1 Å². The molecule has 3 nitrogen and oxygen atoms in total.